The fraction of sp³-hybridized carbons (Fsp3) is 0.219. The topological polar surface area (TPSA) is 61.4 Å². The molecule has 0 saturated heterocycles. The fourth-order valence-corrected chi connectivity index (χ4v) is 5.01. The Bertz CT molecular complexity index is 1700. The Kier molecular flexibility index (Phi) is 7.79. The van der Waals surface area contributed by atoms with E-state index in [-0.39, 0.29) is 11.5 Å². The third-order valence-electron chi connectivity index (χ3n) is 7.01. The first kappa shape index (κ1) is 26.6. The van der Waals surface area contributed by atoms with E-state index in [1.807, 2.05) is 42.5 Å². The van der Waals surface area contributed by atoms with Crippen molar-refractivity contribution in [3.8, 4) is 11.4 Å². The lowest BCUT2D eigenvalue weighted by Gasteiger charge is -2.14. The molecular weight excluding hydrogens is 552 g/mol. The molecule has 0 aliphatic heterocycles. The molecule has 2 aromatic heterocycles. The van der Waals surface area contributed by atoms with Gasteiger partial charge in [-0.2, -0.15) is 9.78 Å². The van der Waals surface area contributed by atoms with Crippen LogP contribution in [0.1, 0.15) is 54.5 Å². The molecule has 3 aromatic carbocycles. The highest BCUT2D eigenvalue weighted by Crippen LogP contribution is 2.24. The summed E-state index contributed by atoms with van der Waals surface area (Å²) in [5, 5.41) is 5.20. The lowest BCUT2D eigenvalue weighted by atomic mass is 10.1. The van der Waals surface area contributed by atoms with Crippen LogP contribution in [0.3, 0.4) is 0 Å². The molecule has 0 amide bonds. The largest absolute Gasteiger partial charge is 0.489 e. The number of ether oxygens (including phenoxy) is 1. The van der Waals surface area contributed by atoms with Crippen LogP contribution in [0.4, 0.5) is 0 Å². The van der Waals surface area contributed by atoms with Crippen molar-refractivity contribution >= 4 is 33.0 Å². The first-order valence-corrected chi connectivity index (χ1v) is 13.9. The number of halogens is 1. The van der Waals surface area contributed by atoms with Gasteiger partial charge in [-0.05, 0) is 74.4 Å². The fourth-order valence-electron chi connectivity index (χ4n) is 4.65. The number of benzene rings is 3. The van der Waals surface area contributed by atoms with Crippen LogP contribution in [0.5, 0.6) is 5.75 Å². The number of aryl methyl sites for hydroxylation is 1. The third-order valence-corrected chi connectivity index (χ3v) is 7.51. The lowest BCUT2D eigenvalue weighted by Crippen LogP contribution is -2.23. The first-order chi connectivity index (χ1) is 18.9. The van der Waals surface area contributed by atoms with Crippen molar-refractivity contribution in [3.05, 3.63) is 122 Å². The maximum Gasteiger partial charge on any atom is 0.282 e. The van der Waals surface area contributed by atoms with Gasteiger partial charge in [0, 0.05) is 33.0 Å². The second-order valence-corrected chi connectivity index (χ2v) is 10.6. The zero-order chi connectivity index (χ0) is 27.5. The molecule has 1 atom stereocenters. The number of fused-ring (bicyclic) bond motifs is 1. The lowest BCUT2D eigenvalue weighted by molar-refractivity contribution is 0.306. The van der Waals surface area contributed by atoms with E-state index in [1.54, 1.807) is 12.3 Å². The smallest absolute Gasteiger partial charge is 0.282 e. The minimum Gasteiger partial charge on any atom is -0.489 e. The summed E-state index contributed by atoms with van der Waals surface area (Å²) < 4.78 is 10.4. The monoisotopic (exact) mass is 582 g/mol. The van der Waals surface area contributed by atoms with E-state index in [1.165, 1.54) is 4.68 Å². The van der Waals surface area contributed by atoms with Gasteiger partial charge in [-0.1, -0.05) is 60.1 Å². The van der Waals surface area contributed by atoms with Gasteiger partial charge in [-0.15, -0.1) is 0 Å². The summed E-state index contributed by atoms with van der Waals surface area (Å²) in [4.78, 5) is 18.3. The molecule has 0 spiro atoms. The van der Waals surface area contributed by atoms with Crippen LogP contribution >= 0.6 is 15.9 Å². The van der Waals surface area contributed by atoms with Crippen molar-refractivity contribution in [3.63, 3.8) is 0 Å². The van der Waals surface area contributed by atoms with Crippen LogP contribution in [0.2, 0.25) is 0 Å². The molecule has 0 unspecified atom stereocenters. The minimum absolute atomic E-state index is 0.0814. The standard InChI is InChI=1S/C32H31BrN4O2/c1-5-21(2)31-35-30-16-11-26(33)18-29(30)32(38)37(31)34-19-25-17-22(3)36(23(25)4)27-12-14-28(15-13-27)39-20-24-9-7-6-8-10-24/h6-19,21H,5,20H2,1-4H3/t21-/m0/s1. The van der Waals surface area contributed by atoms with Crippen molar-refractivity contribution in [2.24, 2.45) is 5.10 Å². The highest BCUT2D eigenvalue weighted by atomic mass is 79.9. The van der Waals surface area contributed by atoms with Gasteiger partial charge in [-0.25, -0.2) is 4.98 Å². The summed E-state index contributed by atoms with van der Waals surface area (Å²) in [5.74, 6) is 1.56. The predicted molar refractivity (Wildman–Crippen MR) is 161 cm³/mol. The van der Waals surface area contributed by atoms with E-state index in [4.69, 9.17) is 9.72 Å². The van der Waals surface area contributed by atoms with E-state index in [0.29, 0.717) is 23.3 Å². The van der Waals surface area contributed by atoms with E-state index in [2.05, 4.69) is 83.6 Å². The van der Waals surface area contributed by atoms with Gasteiger partial charge in [0.05, 0.1) is 17.1 Å². The molecule has 7 heteroatoms. The maximum atomic E-state index is 13.5. The molecule has 2 heterocycles. The average Bonchev–Trinajstić information content (AvgIpc) is 3.24. The second kappa shape index (κ2) is 11.4. The predicted octanol–water partition coefficient (Wildman–Crippen LogP) is 7.54. The average molecular weight is 584 g/mol. The minimum atomic E-state index is -0.173. The normalized spacial score (nSPS) is 12.3. The third kappa shape index (κ3) is 5.59. The summed E-state index contributed by atoms with van der Waals surface area (Å²) in [6.45, 7) is 8.80. The molecule has 39 heavy (non-hydrogen) atoms. The summed E-state index contributed by atoms with van der Waals surface area (Å²) in [7, 11) is 0. The van der Waals surface area contributed by atoms with Crippen LogP contribution in [0.15, 0.2) is 93.2 Å². The zero-order valence-electron chi connectivity index (χ0n) is 22.6. The van der Waals surface area contributed by atoms with E-state index in [9.17, 15) is 4.79 Å². The van der Waals surface area contributed by atoms with Crippen molar-refractivity contribution in [2.45, 2.75) is 46.6 Å². The molecule has 0 aliphatic rings. The molecule has 5 rings (SSSR count). The summed E-state index contributed by atoms with van der Waals surface area (Å²) in [6.07, 6.45) is 2.61. The summed E-state index contributed by atoms with van der Waals surface area (Å²) in [6, 6.07) is 25.9. The Morgan fingerprint density at radius 3 is 2.49 bits per heavy atom. The molecule has 0 saturated carbocycles. The molecule has 198 valence electrons. The van der Waals surface area contributed by atoms with Gasteiger partial charge in [0.2, 0.25) is 0 Å². The molecule has 0 N–H and O–H groups in total. The van der Waals surface area contributed by atoms with Crippen LogP contribution in [0, 0.1) is 13.8 Å². The van der Waals surface area contributed by atoms with Gasteiger partial charge in [0.1, 0.15) is 18.2 Å². The molecule has 0 bridgehead atoms. The van der Waals surface area contributed by atoms with Crippen molar-refractivity contribution in [2.75, 3.05) is 0 Å². The van der Waals surface area contributed by atoms with Gasteiger partial charge in [0.15, 0.2) is 0 Å². The Balaban J connectivity index is 1.45. The molecule has 0 radical (unpaired) electrons. The van der Waals surface area contributed by atoms with Crippen LogP contribution in [0.25, 0.3) is 16.6 Å². The quantitative estimate of drug-likeness (QED) is 0.177. The Labute approximate surface area is 236 Å². The number of hydrogen-bond acceptors (Lipinski definition) is 4. The Hall–Kier alpha value is -3.97. The van der Waals surface area contributed by atoms with E-state index in [0.717, 1.165) is 44.8 Å². The summed E-state index contributed by atoms with van der Waals surface area (Å²) >= 11 is 3.47. The van der Waals surface area contributed by atoms with E-state index >= 15 is 0 Å². The van der Waals surface area contributed by atoms with Crippen molar-refractivity contribution < 1.29 is 4.74 Å². The highest BCUT2D eigenvalue weighted by molar-refractivity contribution is 9.10. The zero-order valence-corrected chi connectivity index (χ0v) is 24.1. The van der Waals surface area contributed by atoms with Crippen LogP contribution < -0.4 is 10.3 Å². The summed E-state index contributed by atoms with van der Waals surface area (Å²) in [5.41, 5.74) is 5.71. The SMILES string of the molecule is CC[C@H](C)c1nc2ccc(Br)cc2c(=O)n1N=Cc1cc(C)n(-c2ccc(OCc3ccccc3)cc2)c1C. The molecule has 0 fully saturated rings. The van der Waals surface area contributed by atoms with Crippen molar-refractivity contribution in [1.82, 2.24) is 14.2 Å². The van der Waals surface area contributed by atoms with Gasteiger partial charge >= 0.3 is 0 Å². The van der Waals surface area contributed by atoms with Crippen LogP contribution in [-0.4, -0.2) is 20.4 Å². The molecule has 0 aliphatic carbocycles. The van der Waals surface area contributed by atoms with Gasteiger partial charge in [-0.3, -0.25) is 4.79 Å². The van der Waals surface area contributed by atoms with Crippen LogP contribution in [-0.2, 0) is 6.61 Å². The number of nitrogens with zero attached hydrogens (tertiary/aromatic N) is 4. The number of aromatic nitrogens is 3. The molecule has 5 aromatic rings. The maximum absolute atomic E-state index is 13.5. The number of hydrogen-bond donors (Lipinski definition) is 0. The number of rotatable bonds is 8. The Morgan fingerprint density at radius 1 is 1.03 bits per heavy atom. The van der Waals surface area contributed by atoms with Gasteiger partial charge < -0.3 is 9.30 Å². The highest BCUT2D eigenvalue weighted by Gasteiger charge is 2.16. The Morgan fingerprint density at radius 2 is 1.77 bits per heavy atom. The van der Waals surface area contributed by atoms with Crippen molar-refractivity contribution in [1.29, 1.82) is 0 Å². The molecular formula is C32H31BrN4O2. The molecule has 6 nitrogen and oxygen atoms in total. The second-order valence-electron chi connectivity index (χ2n) is 9.73. The van der Waals surface area contributed by atoms with Gasteiger partial charge in [0.25, 0.3) is 5.56 Å². The van der Waals surface area contributed by atoms with E-state index < -0.39 is 0 Å². The first-order valence-electron chi connectivity index (χ1n) is 13.1.